The van der Waals surface area contributed by atoms with Crippen LogP contribution in [0, 0.1) is 0 Å². The largest absolute Gasteiger partial charge is 0.326 e. The molecule has 0 spiro atoms. The van der Waals surface area contributed by atoms with Gasteiger partial charge in [0.2, 0.25) is 0 Å². The molecule has 1 aliphatic rings. The summed E-state index contributed by atoms with van der Waals surface area (Å²) < 4.78 is 1.17. The van der Waals surface area contributed by atoms with Crippen LogP contribution in [0.1, 0.15) is 24.3 Å². The maximum absolute atomic E-state index is 6.20. The highest BCUT2D eigenvalue weighted by molar-refractivity contribution is 9.10. The number of rotatable bonds is 3. The van der Waals surface area contributed by atoms with Crippen molar-refractivity contribution in [2.24, 2.45) is 5.73 Å². The number of nitrogens with zero attached hydrogens (tertiary/aromatic N) is 1. The van der Waals surface area contributed by atoms with Crippen LogP contribution in [0.15, 0.2) is 15.9 Å². The number of nitrogens with two attached hydrogens (primary N) is 1. The van der Waals surface area contributed by atoms with Gasteiger partial charge in [0, 0.05) is 33.1 Å². The molecule has 5 heteroatoms. The summed E-state index contributed by atoms with van der Waals surface area (Å²) in [7, 11) is 0. The molecule has 2 nitrogen and oxygen atoms in total. The Morgan fingerprint density at radius 3 is 2.88 bits per heavy atom. The molecule has 0 radical (unpaired) electrons. The first-order valence-corrected chi connectivity index (χ1v) is 8.82. The SMILES string of the molecule is CC(N)C(c1cc(Br)cs1)N1CCCSCC1. The van der Waals surface area contributed by atoms with Crippen molar-refractivity contribution < 1.29 is 0 Å². The van der Waals surface area contributed by atoms with Gasteiger partial charge in [0.15, 0.2) is 0 Å². The third kappa shape index (κ3) is 3.70. The first-order chi connectivity index (χ1) is 8.18. The van der Waals surface area contributed by atoms with Crippen molar-refractivity contribution in [2.75, 3.05) is 24.6 Å². The fraction of sp³-hybridized carbons (Fsp3) is 0.667. The smallest absolute Gasteiger partial charge is 0.0591 e. The molecule has 2 N–H and O–H groups in total. The normalized spacial score (nSPS) is 22.1. The van der Waals surface area contributed by atoms with Crippen LogP contribution in [0.2, 0.25) is 0 Å². The second-order valence-corrected chi connectivity index (χ2v) is 7.56. The van der Waals surface area contributed by atoms with E-state index in [0.717, 1.165) is 6.54 Å². The lowest BCUT2D eigenvalue weighted by molar-refractivity contribution is 0.193. The van der Waals surface area contributed by atoms with Crippen molar-refractivity contribution in [2.45, 2.75) is 25.4 Å². The Balaban J connectivity index is 2.15. The van der Waals surface area contributed by atoms with Gasteiger partial charge in [-0.25, -0.2) is 0 Å². The van der Waals surface area contributed by atoms with Gasteiger partial charge in [-0.15, -0.1) is 11.3 Å². The van der Waals surface area contributed by atoms with Crippen LogP contribution in [0.3, 0.4) is 0 Å². The van der Waals surface area contributed by atoms with Gasteiger partial charge in [-0.3, -0.25) is 4.90 Å². The van der Waals surface area contributed by atoms with E-state index in [1.165, 1.54) is 33.8 Å². The summed E-state index contributed by atoms with van der Waals surface area (Å²) in [6, 6.07) is 2.78. The molecule has 1 aliphatic heterocycles. The molecule has 1 fully saturated rings. The van der Waals surface area contributed by atoms with Gasteiger partial charge >= 0.3 is 0 Å². The molecule has 2 rings (SSSR count). The standard InChI is InChI=1S/C12H19BrN2S2/c1-9(14)12(11-7-10(13)8-17-11)15-3-2-5-16-6-4-15/h7-9,12H,2-6,14H2,1H3. The Morgan fingerprint density at radius 2 is 2.24 bits per heavy atom. The van der Waals surface area contributed by atoms with Crippen LogP contribution < -0.4 is 5.73 Å². The molecule has 0 amide bonds. The molecule has 2 heterocycles. The topological polar surface area (TPSA) is 29.3 Å². The van der Waals surface area contributed by atoms with Gasteiger partial charge < -0.3 is 5.73 Å². The van der Waals surface area contributed by atoms with E-state index in [2.05, 4.69) is 51.0 Å². The minimum absolute atomic E-state index is 0.184. The molecule has 1 aromatic rings. The second kappa shape index (κ2) is 6.57. The van der Waals surface area contributed by atoms with Gasteiger partial charge in [-0.2, -0.15) is 11.8 Å². The molecule has 1 aromatic heterocycles. The molecule has 0 saturated carbocycles. The van der Waals surface area contributed by atoms with Crippen molar-refractivity contribution in [3.63, 3.8) is 0 Å². The van der Waals surface area contributed by atoms with E-state index in [1.54, 1.807) is 0 Å². The quantitative estimate of drug-likeness (QED) is 0.919. The van der Waals surface area contributed by atoms with Crippen LogP contribution in [-0.2, 0) is 0 Å². The van der Waals surface area contributed by atoms with Crippen LogP contribution in [0.5, 0.6) is 0 Å². The fourth-order valence-electron chi connectivity index (χ4n) is 2.30. The molecule has 0 aliphatic carbocycles. The lowest BCUT2D eigenvalue weighted by Crippen LogP contribution is -2.40. The van der Waals surface area contributed by atoms with Crippen LogP contribution in [-0.4, -0.2) is 35.5 Å². The summed E-state index contributed by atoms with van der Waals surface area (Å²) in [5, 5.41) is 2.15. The summed E-state index contributed by atoms with van der Waals surface area (Å²) in [6.07, 6.45) is 1.28. The Labute approximate surface area is 120 Å². The van der Waals surface area contributed by atoms with Gasteiger partial charge in [0.25, 0.3) is 0 Å². The Bertz CT molecular complexity index is 346. The number of hydrogen-bond acceptors (Lipinski definition) is 4. The summed E-state index contributed by atoms with van der Waals surface area (Å²) >= 11 is 7.41. The van der Waals surface area contributed by atoms with E-state index < -0.39 is 0 Å². The first-order valence-electron chi connectivity index (χ1n) is 6.00. The van der Waals surface area contributed by atoms with E-state index >= 15 is 0 Å². The predicted molar refractivity (Wildman–Crippen MR) is 81.9 cm³/mol. The molecule has 0 bridgehead atoms. The molecular weight excluding hydrogens is 316 g/mol. The van der Waals surface area contributed by atoms with Crippen molar-refractivity contribution in [1.29, 1.82) is 0 Å². The Morgan fingerprint density at radius 1 is 1.41 bits per heavy atom. The molecular formula is C12H19BrN2S2. The van der Waals surface area contributed by atoms with E-state index in [0.29, 0.717) is 6.04 Å². The summed E-state index contributed by atoms with van der Waals surface area (Å²) in [6.45, 7) is 4.46. The van der Waals surface area contributed by atoms with E-state index in [9.17, 15) is 0 Å². The van der Waals surface area contributed by atoms with Crippen molar-refractivity contribution in [3.05, 3.63) is 20.8 Å². The maximum atomic E-state index is 6.20. The van der Waals surface area contributed by atoms with Gasteiger partial charge in [-0.05, 0) is 47.6 Å². The minimum Gasteiger partial charge on any atom is -0.326 e. The summed E-state index contributed by atoms with van der Waals surface area (Å²) in [4.78, 5) is 3.95. The van der Waals surface area contributed by atoms with Gasteiger partial charge in [0.05, 0.1) is 6.04 Å². The number of hydrogen-bond donors (Lipinski definition) is 1. The third-order valence-corrected chi connectivity index (χ3v) is 5.84. The molecule has 17 heavy (non-hydrogen) atoms. The van der Waals surface area contributed by atoms with Crippen molar-refractivity contribution in [1.82, 2.24) is 4.90 Å². The van der Waals surface area contributed by atoms with Gasteiger partial charge in [0.1, 0.15) is 0 Å². The van der Waals surface area contributed by atoms with Crippen molar-refractivity contribution in [3.8, 4) is 0 Å². The average molecular weight is 335 g/mol. The molecule has 0 aromatic carbocycles. The second-order valence-electron chi connectivity index (χ2n) is 4.47. The molecule has 2 atom stereocenters. The van der Waals surface area contributed by atoms with Crippen LogP contribution >= 0.6 is 39.0 Å². The maximum Gasteiger partial charge on any atom is 0.0591 e. The van der Waals surface area contributed by atoms with E-state index in [4.69, 9.17) is 5.73 Å². The Kier molecular flexibility index (Phi) is 5.36. The van der Waals surface area contributed by atoms with Crippen LogP contribution in [0.4, 0.5) is 0 Å². The third-order valence-electron chi connectivity index (χ3n) is 3.03. The average Bonchev–Trinajstić information content (AvgIpc) is 2.53. The Hall–Kier alpha value is 0.450. The molecule has 2 unspecified atom stereocenters. The molecule has 1 saturated heterocycles. The van der Waals surface area contributed by atoms with E-state index in [-0.39, 0.29) is 6.04 Å². The van der Waals surface area contributed by atoms with E-state index in [1.807, 2.05) is 11.3 Å². The first kappa shape index (κ1) is 13.9. The zero-order valence-corrected chi connectivity index (χ0v) is 13.3. The molecule has 96 valence electrons. The summed E-state index contributed by atoms with van der Waals surface area (Å²) in [5.74, 6) is 2.52. The highest BCUT2D eigenvalue weighted by Crippen LogP contribution is 2.32. The lowest BCUT2D eigenvalue weighted by Gasteiger charge is -2.32. The van der Waals surface area contributed by atoms with Crippen molar-refractivity contribution >= 4 is 39.0 Å². The van der Waals surface area contributed by atoms with Crippen LogP contribution in [0.25, 0.3) is 0 Å². The number of thiophene rings is 1. The highest BCUT2D eigenvalue weighted by atomic mass is 79.9. The lowest BCUT2D eigenvalue weighted by atomic mass is 10.1. The highest BCUT2D eigenvalue weighted by Gasteiger charge is 2.25. The minimum atomic E-state index is 0.184. The zero-order valence-electron chi connectivity index (χ0n) is 10.1. The monoisotopic (exact) mass is 334 g/mol. The zero-order chi connectivity index (χ0) is 12.3. The number of halogens is 1. The van der Waals surface area contributed by atoms with Gasteiger partial charge in [-0.1, -0.05) is 0 Å². The number of thioether (sulfide) groups is 1. The fourth-order valence-corrected chi connectivity index (χ4v) is 4.89. The summed E-state index contributed by atoms with van der Waals surface area (Å²) in [5.41, 5.74) is 6.20. The predicted octanol–water partition coefficient (Wildman–Crippen LogP) is 3.34.